The van der Waals surface area contributed by atoms with E-state index in [9.17, 15) is 31.2 Å². The summed E-state index contributed by atoms with van der Waals surface area (Å²) in [6.07, 6.45) is -4.75. The van der Waals surface area contributed by atoms with Gasteiger partial charge in [0.25, 0.3) is 10.1 Å². The van der Waals surface area contributed by atoms with Crippen molar-refractivity contribution < 1.29 is 44.8 Å². The first-order chi connectivity index (χ1) is 20.8. The molecule has 1 amide bonds. The van der Waals surface area contributed by atoms with Crippen molar-refractivity contribution in [3.05, 3.63) is 105 Å². The number of methoxy groups -OCH3 is 1. The van der Waals surface area contributed by atoms with Crippen LogP contribution in [0.15, 0.2) is 82.8 Å². The van der Waals surface area contributed by atoms with Crippen molar-refractivity contribution in [1.82, 2.24) is 5.32 Å². The second-order valence-corrected chi connectivity index (χ2v) is 11.1. The van der Waals surface area contributed by atoms with Gasteiger partial charge in [0.2, 0.25) is 5.91 Å². The first-order valence-corrected chi connectivity index (χ1v) is 14.5. The highest BCUT2D eigenvalue weighted by Gasteiger charge is 2.31. The topological polar surface area (TPSA) is 157 Å². The van der Waals surface area contributed by atoms with Crippen LogP contribution in [-0.2, 0) is 47.6 Å². The Morgan fingerprint density at radius 1 is 0.932 bits per heavy atom. The number of carbonyl (C=O) groups excluding carboxylic acids is 2. The molecule has 44 heavy (non-hydrogen) atoms. The molecule has 0 spiro atoms. The average molecular weight is 635 g/mol. The normalized spacial score (nSPS) is 12.8. The molecular formula is C29H29F3N4O7S. The molecule has 0 saturated carbocycles. The van der Waals surface area contributed by atoms with Crippen LogP contribution in [0.2, 0.25) is 0 Å². The smallest absolute Gasteiger partial charge is 0.416 e. The first-order valence-electron chi connectivity index (χ1n) is 13.1. The van der Waals surface area contributed by atoms with Crippen LogP contribution in [0.4, 0.5) is 13.2 Å². The summed E-state index contributed by atoms with van der Waals surface area (Å²) in [5, 5.41) is 5.98. The number of aryl methyl sites for hydroxylation is 1. The number of carbonyl (C=O) groups is 2. The van der Waals surface area contributed by atoms with E-state index in [4.69, 9.17) is 19.2 Å². The molecule has 0 fully saturated rings. The zero-order chi connectivity index (χ0) is 32.3. The third-order valence-corrected chi connectivity index (χ3v) is 7.60. The molecule has 0 aromatic heterocycles. The van der Waals surface area contributed by atoms with Gasteiger partial charge in [0.05, 0.1) is 17.6 Å². The number of ether oxygens (including phenoxy) is 2. The molecule has 0 aliphatic carbocycles. The number of esters is 1. The molecule has 0 aliphatic rings. The number of halogens is 3. The summed E-state index contributed by atoms with van der Waals surface area (Å²) in [7, 11) is -2.84. The van der Waals surface area contributed by atoms with Crippen LogP contribution in [0.1, 0.15) is 22.3 Å². The van der Waals surface area contributed by atoms with Gasteiger partial charge < -0.3 is 14.8 Å². The van der Waals surface area contributed by atoms with E-state index in [-0.39, 0.29) is 31.0 Å². The van der Waals surface area contributed by atoms with E-state index in [1.54, 1.807) is 36.4 Å². The van der Waals surface area contributed by atoms with E-state index in [1.165, 1.54) is 24.3 Å². The SMILES string of the molecule is COC(=O)[C@H](Cc1ccc(C(F)(F)F)cc1)NC(=O)[C@H](Cc1ccc(OCCOS(=O)(=O)c2ccc(C)cc2)cc1)N=[N+]=[N-]. The highest BCUT2D eigenvalue weighted by molar-refractivity contribution is 7.86. The Kier molecular flexibility index (Phi) is 11.7. The molecule has 3 aromatic carbocycles. The number of rotatable bonds is 14. The molecule has 2 atom stereocenters. The molecule has 0 aliphatic heterocycles. The summed E-state index contributed by atoms with van der Waals surface area (Å²) >= 11 is 0. The van der Waals surface area contributed by atoms with Gasteiger partial charge in [0, 0.05) is 11.3 Å². The molecule has 1 N–H and O–H groups in total. The molecular weight excluding hydrogens is 605 g/mol. The number of benzene rings is 3. The molecule has 11 nitrogen and oxygen atoms in total. The lowest BCUT2D eigenvalue weighted by Gasteiger charge is -2.19. The van der Waals surface area contributed by atoms with Crippen LogP contribution >= 0.6 is 0 Å². The molecule has 15 heteroatoms. The van der Waals surface area contributed by atoms with Crippen LogP contribution < -0.4 is 10.1 Å². The third kappa shape index (κ3) is 10.0. The number of nitrogens with one attached hydrogen (secondary N) is 1. The number of alkyl halides is 3. The summed E-state index contributed by atoms with van der Waals surface area (Å²) in [5.41, 5.74) is 9.96. The molecule has 234 valence electrons. The van der Waals surface area contributed by atoms with Crippen LogP contribution in [0.5, 0.6) is 5.75 Å². The zero-order valence-electron chi connectivity index (χ0n) is 23.7. The number of azide groups is 1. The molecule has 0 heterocycles. The van der Waals surface area contributed by atoms with Crippen molar-refractivity contribution >= 4 is 22.0 Å². The molecule has 3 rings (SSSR count). The molecule has 0 radical (unpaired) electrons. The Labute approximate surface area is 251 Å². The van der Waals surface area contributed by atoms with Crippen molar-refractivity contribution in [2.24, 2.45) is 5.11 Å². The maximum absolute atomic E-state index is 13.0. The fourth-order valence-corrected chi connectivity index (χ4v) is 4.83. The van der Waals surface area contributed by atoms with Gasteiger partial charge in [-0.05, 0) is 66.4 Å². The predicted molar refractivity (Wildman–Crippen MR) is 152 cm³/mol. The highest BCUT2D eigenvalue weighted by Crippen LogP contribution is 2.29. The summed E-state index contributed by atoms with van der Waals surface area (Å²) in [6, 6.07) is 14.1. The first kappa shape index (κ1) is 33.9. The zero-order valence-corrected chi connectivity index (χ0v) is 24.5. The maximum Gasteiger partial charge on any atom is 0.416 e. The maximum atomic E-state index is 13.0. The molecule has 0 unspecified atom stereocenters. The quantitative estimate of drug-likeness (QED) is 0.0659. The molecule has 0 saturated heterocycles. The Bertz CT molecular complexity index is 1580. The monoisotopic (exact) mass is 634 g/mol. The third-order valence-electron chi connectivity index (χ3n) is 6.27. The number of hydrogen-bond donors (Lipinski definition) is 1. The second-order valence-electron chi connectivity index (χ2n) is 9.49. The second kappa shape index (κ2) is 15.2. The lowest BCUT2D eigenvalue weighted by atomic mass is 10.0. The summed E-state index contributed by atoms with van der Waals surface area (Å²) in [6.45, 7) is 1.53. The van der Waals surface area contributed by atoms with E-state index in [0.29, 0.717) is 16.9 Å². The Balaban J connectivity index is 1.57. The Morgan fingerprint density at radius 2 is 1.52 bits per heavy atom. The standard InChI is InChI=1S/C29H29F3N4O7S/c1-19-3-13-24(14-4-19)44(39,40)43-16-15-42-23-11-7-21(8-12-23)17-25(35-36-33)27(37)34-26(28(38)41-2)18-20-5-9-22(10-6-20)29(30,31)32/h3-14,25-26H,15-18H2,1-2H3,(H,34,37)/t25-,26-/m0/s1. The number of amides is 1. The van der Waals surface area contributed by atoms with Crippen LogP contribution in [-0.4, -0.2) is 52.7 Å². The fourth-order valence-electron chi connectivity index (χ4n) is 3.94. The largest absolute Gasteiger partial charge is 0.491 e. The van der Waals surface area contributed by atoms with Crippen LogP contribution in [0, 0.1) is 6.92 Å². The van der Waals surface area contributed by atoms with E-state index in [1.807, 2.05) is 6.92 Å². The highest BCUT2D eigenvalue weighted by atomic mass is 32.2. The average Bonchev–Trinajstić information content (AvgIpc) is 2.99. The van der Waals surface area contributed by atoms with Gasteiger partial charge in [-0.1, -0.05) is 47.1 Å². The fraction of sp³-hybridized carbons (Fsp3) is 0.310. The lowest BCUT2D eigenvalue weighted by molar-refractivity contribution is -0.145. The Hall–Kier alpha value is -4.59. The number of nitrogens with zero attached hydrogens (tertiary/aromatic N) is 3. The van der Waals surface area contributed by atoms with E-state index >= 15 is 0 Å². The molecule has 3 aromatic rings. The summed E-state index contributed by atoms with van der Waals surface area (Å²) < 4.78 is 78.4. The predicted octanol–water partition coefficient (Wildman–Crippen LogP) is 4.92. The van der Waals surface area contributed by atoms with Crippen molar-refractivity contribution in [3.8, 4) is 5.75 Å². The minimum atomic E-state index is -4.53. The van der Waals surface area contributed by atoms with E-state index in [0.717, 1.165) is 24.8 Å². The summed E-state index contributed by atoms with van der Waals surface area (Å²) in [4.78, 5) is 28.0. The van der Waals surface area contributed by atoms with Crippen molar-refractivity contribution in [1.29, 1.82) is 0 Å². The van der Waals surface area contributed by atoms with Gasteiger partial charge in [-0.15, -0.1) is 0 Å². The Morgan fingerprint density at radius 3 is 2.09 bits per heavy atom. The van der Waals surface area contributed by atoms with E-state index < -0.39 is 45.8 Å². The lowest BCUT2D eigenvalue weighted by Crippen LogP contribution is -2.47. The van der Waals surface area contributed by atoms with Crippen molar-refractivity contribution in [3.63, 3.8) is 0 Å². The van der Waals surface area contributed by atoms with Crippen LogP contribution in [0.25, 0.3) is 10.4 Å². The minimum Gasteiger partial charge on any atom is -0.491 e. The van der Waals surface area contributed by atoms with Gasteiger partial charge >= 0.3 is 12.1 Å². The van der Waals surface area contributed by atoms with Gasteiger partial charge in [-0.25, -0.2) is 4.79 Å². The van der Waals surface area contributed by atoms with E-state index in [2.05, 4.69) is 15.3 Å². The molecule has 0 bridgehead atoms. The number of hydrogen-bond acceptors (Lipinski definition) is 8. The van der Waals surface area contributed by atoms with Crippen molar-refractivity contribution in [2.45, 2.75) is 42.9 Å². The van der Waals surface area contributed by atoms with Gasteiger partial charge in [0.1, 0.15) is 31.0 Å². The summed E-state index contributed by atoms with van der Waals surface area (Å²) in [5.74, 6) is -1.25. The van der Waals surface area contributed by atoms with Gasteiger partial charge in [0.15, 0.2) is 0 Å². The van der Waals surface area contributed by atoms with Crippen LogP contribution in [0.3, 0.4) is 0 Å². The van der Waals surface area contributed by atoms with Crippen molar-refractivity contribution in [2.75, 3.05) is 20.3 Å². The minimum absolute atomic E-state index is 0.0311. The van der Waals surface area contributed by atoms with Gasteiger partial charge in [-0.3, -0.25) is 8.98 Å². The van der Waals surface area contributed by atoms with Gasteiger partial charge in [-0.2, -0.15) is 21.6 Å².